The second-order valence-electron chi connectivity index (χ2n) is 7.76. The van der Waals surface area contributed by atoms with Crippen LogP contribution in [0.1, 0.15) is 15.9 Å². The third-order valence-corrected chi connectivity index (χ3v) is 5.39. The van der Waals surface area contributed by atoms with Gasteiger partial charge in [-0.15, -0.1) is 0 Å². The second-order valence-corrected chi connectivity index (χ2v) is 7.76. The minimum Gasteiger partial charge on any atom is -0.861 e. The minimum absolute atomic E-state index is 0. The van der Waals surface area contributed by atoms with Crippen molar-refractivity contribution in [3.8, 4) is 11.1 Å². The maximum absolute atomic E-state index is 12.7. The van der Waals surface area contributed by atoms with Crippen LogP contribution in [0.15, 0.2) is 82.8 Å². The summed E-state index contributed by atoms with van der Waals surface area (Å²) in [6.45, 7) is 2.33. The first-order chi connectivity index (χ1) is 16.5. The van der Waals surface area contributed by atoms with Gasteiger partial charge in [-0.25, -0.2) is 4.79 Å². The third kappa shape index (κ3) is 7.84. The molecule has 10 heteroatoms. The summed E-state index contributed by atoms with van der Waals surface area (Å²) in [4.78, 5) is 21.6. The van der Waals surface area contributed by atoms with Crippen LogP contribution in [0, 0.1) is 0 Å². The maximum atomic E-state index is 12.7. The fraction of sp³-hybridized carbons (Fsp3) is 0.192. The van der Waals surface area contributed by atoms with Gasteiger partial charge in [-0.2, -0.15) is 0 Å². The van der Waals surface area contributed by atoms with Crippen LogP contribution < -0.4 is 47.9 Å². The van der Waals surface area contributed by atoms with E-state index < -0.39 is 17.8 Å². The van der Waals surface area contributed by atoms with Crippen molar-refractivity contribution in [3.63, 3.8) is 0 Å². The number of carbonyl (C=O) groups is 1. The van der Waals surface area contributed by atoms with E-state index in [-0.39, 0.29) is 61.1 Å². The van der Waals surface area contributed by atoms with Crippen molar-refractivity contribution in [3.05, 3.63) is 83.9 Å². The number of hydrogen-bond acceptors (Lipinski definition) is 7. The van der Waals surface area contributed by atoms with Crippen molar-refractivity contribution in [1.82, 2.24) is 4.90 Å². The van der Waals surface area contributed by atoms with Gasteiger partial charge in [0.2, 0.25) is 0 Å². The number of nitrogens with zero attached hydrogens (tertiary/aromatic N) is 3. The van der Waals surface area contributed by atoms with Gasteiger partial charge in [-0.3, -0.25) is 14.9 Å². The monoisotopic (exact) mass is 471 g/mol. The molecule has 0 radical (unpaired) electrons. The van der Waals surface area contributed by atoms with Crippen molar-refractivity contribution in [1.29, 1.82) is 0 Å². The van der Waals surface area contributed by atoms with Crippen molar-refractivity contribution < 1.29 is 62.6 Å². The van der Waals surface area contributed by atoms with E-state index in [0.29, 0.717) is 32.0 Å². The molecule has 0 bridgehead atoms. The number of ether oxygens (including phenoxy) is 1. The molecule has 174 valence electrons. The van der Waals surface area contributed by atoms with Crippen LogP contribution in [-0.4, -0.2) is 60.6 Å². The summed E-state index contributed by atoms with van der Waals surface area (Å²) in [6.07, 6.45) is 0. The Labute approximate surface area is 233 Å². The number of rotatable bonds is 7. The van der Waals surface area contributed by atoms with Crippen molar-refractivity contribution >= 4 is 29.1 Å². The van der Waals surface area contributed by atoms with Crippen LogP contribution >= 0.6 is 0 Å². The Bertz CT molecular complexity index is 1210. The molecule has 1 saturated heterocycles. The summed E-state index contributed by atoms with van der Waals surface area (Å²) < 4.78 is 5.26. The Kier molecular flexibility index (Phi) is 11.5. The molecule has 1 N–H and O–H groups in total. The molecule has 1 aliphatic rings. The summed E-state index contributed by atoms with van der Waals surface area (Å²) in [5.74, 6) is -2.27. The first-order valence-corrected chi connectivity index (χ1v) is 10.8. The van der Waals surface area contributed by atoms with Crippen LogP contribution in [0.5, 0.6) is 0 Å². The Morgan fingerprint density at radius 3 is 2.17 bits per heavy atom. The van der Waals surface area contributed by atoms with E-state index in [2.05, 4.69) is 9.98 Å². The summed E-state index contributed by atoms with van der Waals surface area (Å²) >= 11 is 0. The van der Waals surface area contributed by atoms with Gasteiger partial charge in [0.05, 0.1) is 30.2 Å². The molecule has 0 unspecified atom stereocenters. The molecular weight excluding hydrogens is 448 g/mol. The van der Waals surface area contributed by atoms with Crippen LogP contribution in [0.3, 0.4) is 0 Å². The van der Waals surface area contributed by atoms with E-state index in [1.54, 1.807) is 12.1 Å². The van der Waals surface area contributed by atoms with Crippen LogP contribution in [0.2, 0.25) is 0 Å². The van der Waals surface area contributed by atoms with Crippen LogP contribution in [-0.2, 0) is 4.74 Å². The summed E-state index contributed by atoms with van der Waals surface area (Å²) in [5, 5.41) is 34.6. The van der Waals surface area contributed by atoms with Crippen molar-refractivity contribution in [2.24, 2.45) is 9.98 Å². The number of aliphatic imine (C=N–C) groups is 2. The molecule has 8 nitrogen and oxygen atoms in total. The Morgan fingerprint density at radius 1 is 0.889 bits per heavy atom. The summed E-state index contributed by atoms with van der Waals surface area (Å²) in [5.41, 5.74) is 2.45. The molecule has 4 rings (SSSR count). The SMILES string of the molecule is O=C(O)c1ccc(C([O-])=Nc2ccc(-c3ccccc3)cc2)cc1N=C([O-])CN1CCOCC1.[Li+].[Li+]. The molecule has 36 heavy (non-hydrogen) atoms. The normalized spacial score (nSPS) is 14.4. The molecule has 1 fully saturated rings. The minimum atomic E-state index is -1.23. The molecule has 0 spiro atoms. The fourth-order valence-corrected chi connectivity index (χ4v) is 3.60. The predicted molar refractivity (Wildman–Crippen MR) is 126 cm³/mol. The van der Waals surface area contributed by atoms with Crippen LogP contribution in [0.25, 0.3) is 11.1 Å². The number of carboxylic acids is 1. The molecule has 0 aromatic heterocycles. The van der Waals surface area contributed by atoms with E-state index >= 15 is 0 Å². The average molecular weight is 471 g/mol. The molecular formula is C26H23Li2N3O5. The van der Waals surface area contributed by atoms with Gasteiger partial charge in [-0.1, -0.05) is 48.5 Å². The van der Waals surface area contributed by atoms with Crippen molar-refractivity contribution in [2.75, 3.05) is 32.8 Å². The fourth-order valence-electron chi connectivity index (χ4n) is 3.60. The van der Waals surface area contributed by atoms with Gasteiger partial charge < -0.3 is 20.1 Å². The second kappa shape index (κ2) is 14.1. The zero-order chi connectivity index (χ0) is 23.9. The Balaban J connectivity index is 0.00000228. The third-order valence-electron chi connectivity index (χ3n) is 5.39. The van der Waals surface area contributed by atoms with E-state index in [4.69, 9.17) is 4.74 Å². The predicted octanol–water partition coefficient (Wildman–Crippen LogP) is -3.78. The molecule has 3 aromatic rings. The molecule has 0 saturated carbocycles. The molecule has 1 heterocycles. The van der Waals surface area contributed by atoms with E-state index in [0.717, 1.165) is 11.1 Å². The first-order valence-electron chi connectivity index (χ1n) is 10.8. The molecule has 3 aromatic carbocycles. The van der Waals surface area contributed by atoms with Gasteiger partial charge in [0.15, 0.2) is 0 Å². The standard InChI is InChI=1S/C26H25N3O5.2Li/c30-24(17-29-12-14-34-15-13-29)28-23-16-20(8-11-22(23)26(32)33)25(31)27-21-9-6-19(7-10-21)18-4-2-1-3-5-18;;/h1-11,16H,12-15,17H2,(H,27,31)(H,28,30)(H,32,33);;/q;2*+1/p-2. The number of benzene rings is 3. The van der Waals surface area contributed by atoms with E-state index in [1.807, 2.05) is 47.4 Å². The van der Waals surface area contributed by atoms with Gasteiger partial charge in [0, 0.05) is 19.6 Å². The van der Waals surface area contributed by atoms with Crippen molar-refractivity contribution in [2.45, 2.75) is 0 Å². The Morgan fingerprint density at radius 2 is 1.53 bits per heavy atom. The topological polar surface area (TPSA) is 121 Å². The summed E-state index contributed by atoms with van der Waals surface area (Å²) in [6, 6.07) is 21.0. The number of morpholine rings is 1. The number of hydrogen-bond donors (Lipinski definition) is 1. The first kappa shape index (κ1) is 29.4. The zero-order valence-corrected chi connectivity index (χ0v) is 20.4. The smallest absolute Gasteiger partial charge is 0.861 e. The zero-order valence-electron chi connectivity index (χ0n) is 20.4. The Hall–Kier alpha value is -2.82. The summed E-state index contributed by atoms with van der Waals surface area (Å²) in [7, 11) is 0. The number of carboxylic acid groups (broad SMARTS) is 1. The molecule has 1 aliphatic heterocycles. The number of aromatic carboxylic acids is 1. The van der Waals surface area contributed by atoms with Crippen LogP contribution in [0.4, 0.5) is 11.4 Å². The average Bonchev–Trinajstić information content (AvgIpc) is 2.85. The van der Waals surface area contributed by atoms with Gasteiger partial charge >= 0.3 is 43.7 Å². The van der Waals surface area contributed by atoms with Gasteiger partial charge in [-0.05, 0) is 52.8 Å². The largest absolute Gasteiger partial charge is 1.00 e. The van der Waals surface area contributed by atoms with E-state index in [1.165, 1.54) is 18.2 Å². The van der Waals surface area contributed by atoms with Gasteiger partial charge in [0.25, 0.3) is 0 Å². The van der Waals surface area contributed by atoms with Gasteiger partial charge in [0.1, 0.15) is 0 Å². The molecule has 0 atom stereocenters. The molecule has 0 aliphatic carbocycles. The quantitative estimate of drug-likeness (QED) is 0.215. The molecule has 0 amide bonds. The maximum Gasteiger partial charge on any atom is 1.00 e. The van der Waals surface area contributed by atoms with E-state index in [9.17, 15) is 20.1 Å².